The number of nitrogens with one attached hydrogen (secondary N) is 1. The van der Waals surface area contributed by atoms with Crippen molar-refractivity contribution in [2.24, 2.45) is 5.41 Å². The number of ether oxygens (including phenoxy) is 2. The first kappa shape index (κ1) is 19.9. The second-order valence-corrected chi connectivity index (χ2v) is 7.05. The van der Waals surface area contributed by atoms with Gasteiger partial charge in [0.15, 0.2) is 0 Å². The van der Waals surface area contributed by atoms with Crippen molar-refractivity contribution in [2.75, 3.05) is 47.4 Å². The Labute approximate surface area is 140 Å². The third-order valence-electron chi connectivity index (χ3n) is 3.47. The highest BCUT2D eigenvalue weighted by atomic mass is 16.5. The van der Waals surface area contributed by atoms with Gasteiger partial charge in [0.2, 0.25) is 0 Å². The fourth-order valence-corrected chi connectivity index (χ4v) is 2.58. The second-order valence-electron chi connectivity index (χ2n) is 7.05. The predicted octanol–water partition coefficient (Wildman–Crippen LogP) is 1.75. The fourth-order valence-electron chi connectivity index (χ4n) is 2.58. The standard InChI is InChI=1S/C18H32N2O3/c1-18(2,14-20(3)4)13-19-10-16(21)12-23-11-15-6-8-17(22-5)9-7-15/h6-9,16,19,21H,10-14H2,1-5H3/t16-/m0/s1. The van der Waals surface area contributed by atoms with Crippen molar-refractivity contribution in [3.8, 4) is 5.75 Å². The van der Waals surface area contributed by atoms with Gasteiger partial charge in [0, 0.05) is 19.6 Å². The van der Waals surface area contributed by atoms with Gasteiger partial charge in [-0.2, -0.15) is 0 Å². The maximum Gasteiger partial charge on any atom is 0.118 e. The van der Waals surface area contributed by atoms with Gasteiger partial charge >= 0.3 is 0 Å². The molecule has 0 aromatic heterocycles. The highest BCUT2D eigenvalue weighted by molar-refractivity contribution is 5.26. The highest BCUT2D eigenvalue weighted by Gasteiger charge is 2.18. The molecule has 132 valence electrons. The summed E-state index contributed by atoms with van der Waals surface area (Å²) in [7, 11) is 5.79. The van der Waals surface area contributed by atoms with Gasteiger partial charge in [-0.3, -0.25) is 0 Å². The van der Waals surface area contributed by atoms with Crippen LogP contribution >= 0.6 is 0 Å². The lowest BCUT2D eigenvalue weighted by molar-refractivity contribution is 0.0276. The molecule has 1 rings (SSSR count). The largest absolute Gasteiger partial charge is 0.497 e. The molecule has 0 aliphatic heterocycles. The molecule has 0 saturated heterocycles. The summed E-state index contributed by atoms with van der Waals surface area (Å²) in [5, 5.41) is 13.3. The van der Waals surface area contributed by atoms with Crippen molar-refractivity contribution in [2.45, 2.75) is 26.6 Å². The van der Waals surface area contributed by atoms with E-state index in [4.69, 9.17) is 9.47 Å². The van der Waals surface area contributed by atoms with Crippen LogP contribution in [0.5, 0.6) is 5.75 Å². The maximum atomic E-state index is 9.97. The first-order valence-corrected chi connectivity index (χ1v) is 8.06. The average molecular weight is 324 g/mol. The van der Waals surface area contributed by atoms with Crippen molar-refractivity contribution in [3.63, 3.8) is 0 Å². The van der Waals surface area contributed by atoms with E-state index in [0.29, 0.717) is 19.8 Å². The Morgan fingerprint density at radius 1 is 1.22 bits per heavy atom. The third kappa shape index (κ3) is 8.91. The van der Waals surface area contributed by atoms with Crippen molar-refractivity contribution in [1.82, 2.24) is 10.2 Å². The quantitative estimate of drug-likeness (QED) is 0.649. The minimum Gasteiger partial charge on any atom is -0.497 e. The lowest BCUT2D eigenvalue weighted by Crippen LogP contribution is -2.40. The van der Waals surface area contributed by atoms with E-state index in [2.05, 4.69) is 38.2 Å². The summed E-state index contributed by atoms with van der Waals surface area (Å²) in [6.07, 6.45) is -0.497. The van der Waals surface area contributed by atoms with Crippen molar-refractivity contribution in [3.05, 3.63) is 29.8 Å². The fraction of sp³-hybridized carbons (Fsp3) is 0.667. The van der Waals surface area contributed by atoms with Crippen LogP contribution in [0.15, 0.2) is 24.3 Å². The molecular formula is C18H32N2O3. The summed E-state index contributed by atoms with van der Waals surface area (Å²) in [4.78, 5) is 2.18. The summed E-state index contributed by atoms with van der Waals surface area (Å²) >= 11 is 0. The Kier molecular flexibility index (Phi) is 8.55. The Hall–Kier alpha value is -1.14. The first-order valence-electron chi connectivity index (χ1n) is 8.06. The molecule has 23 heavy (non-hydrogen) atoms. The molecule has 0 bridgehead atoms. The molecule has 0 spiro atoms. The molecule has 0 fully saturated rings. The number of methoxy groups -OCH3 is 1. The molecule has 1 aromatic rings. The molecule has 5 nitrogen and oxygen atoms in total. The average Bonchev–Trinajstić information content (AvgIpc) is 2.46. The molecule has 0 aliphatic rings. The molecule has 0 aliphatic carbocycles. The van der Waals surface area contributed by atoms with Gasteiger partial charge in [-0.15, -0.1) is 0 Å². The van der Waals surface area contributed by atoms with Crippen molar-refractivity contribution in [1.29, 1.82) is 0 Å². The van der Waals surface area contributed by atoms with E-state index >= 15 is 0 Å². The molecule has 0 radical (unpaired) electrons. The second kappa shape index (κ2) is 9.88. The van der Waals surface area contributed by atoms with Gasteiger partial charge in [0.1, 0.15) is 5.75 Å². The highest BCUT2D eigenvalue weighted by Crippen LogP contribution is 2.14. The number of nitrogens with zero attached hydrogens (tertiary/aromatic N) is 1. The van der Waals surface area contributed by atoms with E-state index in [-0.39, 0.29) is 5.41 Å². The summed E-state index contributed by atoms with van der Waals surface area (Å²) in [6, 6.07) is 7.74. The maximum absolute atomic E-state index is 9.97. The van der Waals surface area contributed by atoms with Crippen LogP contribution < -0.4 is 10.1 Å². The van der Waals surface area contributed by atoms with Gasteiger partial charge in [-0.25, -0.2) is 0 Å². The van der Waals surface area contributed by atoms with Crippen LogP contribution in [0.2, 0.25) is 0 Å². The lowest BCUT2D eigenvalue weighted by Gasteiger charge is -2.29. The lowest BCUT2D eigenvalue weighted by atomic mass is 9.93. The van der Waals surface area contributed by atoms with Gasteiger partial charge in [0.25, 0.3) is 0 Å². The van der Waals surface area contributed by atoms with E-state index < -0.39 is 6.10 Å². The predicted molar refractivity (Wildman–Crippen MR) is 93.9 cm³/mol. The molecule has 1 atom stereocenters. The van der Waals surface area contributed by atoms with Gasteiger partial charge in [-0.05, 0) is 37.2 Å². The molecule has 0 heterocycles. The summed E-state index contributed by atoms with van der Waals surface area (Å²) in [5.74, 6) is 0.832. The van der Waals surface area contributed by atoms with Crippen LogP contribution in [0, 0.1) is 5.41 Å². The zero-order valence-corrected chi connectivity index (χ0v) is 15.1. The van der Waals surface area contributed by atoms with E-state index in [9.17, 15) is 5.11 Å². The number of aliphatic hydroxyl groups is 1. The van der Waals surface area contributed by atoms with Gasteiger partial charge in [-0.1, -0.05) is 26.0 Å². The minimum absolute atomic E-state index is 0.174. The van der Waals surface area contributed by atoms with Gasteiger partial charge in [0.05, 0.1) is 26.4 Å². The zero-order chi connectivity index (χ0) is 17.3. The molecule has 0 saturated carbocycles. The number of benzene rings is 1. The Balaban J connectivity index is 2.17. The summed E-state index contributed by atoms with van der Waals surface area (Å²) < 4.78 is 10.7. The number of aliphatic hydroxyl groups excluding tert-OH is 1. The minimum atomic E-state index is -0.497. The smallest absolute Gasteiger partial charge is 0.118 e. The van der Waals surface area contributed by atoms with Crippen LogP contribution in [-0.2, 0) is 11.3 Å². The van der Waals surface area contributed by atoms with E-state index in [0.717, 1.165) is 24.4 Å². The first-order chi connectivity index (χ1) is 10.8. The Bertz CT molecular complexity index is 432. The Morgan fingerprint density at radius 3 is 2.43 bits per heavy atom. The molecule has 2 N–H and O–H groups in total. The molecule has 0 unspecified atom stereocenters. The van der Waals surface area contributed by atoms with E-state index in [1.165, 1.54) is 0 Å². The molecular weight excluding hydrogens is 292 g/mol. The number of hydrogen-bond acceptors (Lipinski definition) is 5. The van der Waals surface area contributed by atoms with E-state index in [1.807, 2.05) is 24.3 Å². The van der Waals surface area contributed by atoms with Crippen molar-refractivity contribution >= 4 is 0 Å². The monoisotopic (exact) mass is 324 g/mol. The van der Waals surface area contributed by atoms with E-state index in [1.54, 1.807) is 7.11 Å². The molecule has 0 amide bonds. The summed E-state index contributed by atoms with van der Waals surface area (Å²) in [6.45, 7) is 7.66. The Morgan fingerprint density at radius 2 is 1.87 bits per heavy atom. The normalized spacial score (nSPS) is 13.3. The third-order valence-corrected chi connectivity index (χ3v) is 3.47. The number of rotatable bonds is 11. The topological polar surface area (TPSA) is 54.0 Å². The van der Waals surface area contributed by atoms with Crippen molar-refractivity contribution < 1.29 is 14.6 Å². The van der Waals surface area contributed by atoms with Crippen LogP contribution in [0.3, 0.4) is 0 Å². The SMILES string of the molecule is COc1ccc(COC[C@@H](O)CNCC(C)(C)CN(C)C)cc1. The molecule has 1 aromatic carbocycles. The number of hydrogen-bond donors (Lipinski definition) is 2. The van der Waals surface area contributed by atoms with Crippen LogP contribution in [0.1, 0.15) is 19.4 Å². The van der Waals surface area contributed by atoms with Crippen LogP contribution in [0.4, 0.5) is 0 Å². The van der Waals surface area contributed by atoms with Gasteiger partial charge < -0.3 is 24.8 Å². The van der Waals surface area contributed by atoms with Crippen LogP contribution in [-0.4, -0.2) is 63.6 Å². The zero-order valence-electron chi connectivity index (χ0n) is 15.1. The summed E-state index contributed by atoms with van der Waals surface area (Å²) in [5.41, 5.74) is 1.24. The molecule has 5 heteroatoms. The van der Waals surface area contributed by atoms with Crippen LogP contribution in [0.25, 0.3) is 0 Å².